The van der Waals surface area contributed by atoms with Gasteiger partial charge in [-0.1, -0.05) is 0 Å². The van der Waals surface area contributed by atoms with E-state index in [0.717, 1.165) is 13.0 Å². The summed E-state index contributed by atoms with van der Waals surface area (Å²) in [5.41, 5.74) is 5.46. The number of aliphatic hydroxyl groups is 5. The number of hydrogen-bond acceptors (Lipinski definition) is 14. The molecule has 2 aliphatic heterocycles. The summed E-state index contributed by atoms with van der Waals surface area (Å²) in [7, 11) is 1.36. The maximum Gasteiger partial charge on any atom is 0.230 e. The maximum atomic E-state index is 11.9. The molecule has 17 heteroatoms. The van der Waals surface area contributed by atoms with Gasteiger partial charge in [0, 0.05) is 13.7 Å². The molecule has 236 valence electrons. The topological polar surface area (TPSA) is 250 Å². The summed E-state index contributed by atoms with van der Waals surface area (Å²) in [5.74, 6) is 0. The average molecular weight is 585 g/mol. The van der Waals surface area contributed by atoms with Gasteiger partial charge in [-0.2, -0.15) is 0 Å². The Balaban J connectivity index is 1.88. The minimum atomic E-state index is -1.55. The van der Waals surface area contributed by atoms with Crippen LogP contribution in [0.5, 0.6) is 0 Å². The molecular formula is C23H48N6O11. The van der Waals surface area contributed by atoms with Gasteiger partial charge < -0.3 is 71.3 Å². The number of rotatable bonds is 18. The monoisotopic (exact) mass is 584 g/mol. The molecule has 1 unspecified atom stereocenters. The summed E-state index contributed by atoms with van der Waals surface area (Å²) in [6.45, 7) is 4.38. The molecular weight excluding hydrogens is 536 g/mol. The van der Waals surface area contributed by atoms with Gasteiger partial charge in [-0.3, -0.25) is 0 Å². The second-order valence-electron chi connectivity index (χ2n) is 9.97. The first-order chi connectivity index (χ1) is 19.2. The first-order valence-electron chi connectivity index (χ1n) is 13.7. The van der Waals surface area contributed by atoms with Gasteiger partial charge in [-0.05, 0) is 52.4 Å². The highest BCUT2D eigenvalue weighted by molar-refractivity contribution is 4.95. The van der Waals surface area contributed by atoms with Gasteiger partial charge in [0.1, 0.15) is 48.8 Å². The lowest BCUT2D eigenvalue weighted by Crippen LogP contribution is -2.65. The number of nitrogens with two attached hydrogens (primary N) is 1. The quantitative estimate of drug-likeness (QED) is 0.0324. The summed E-state index contributed by atoms with van der Waals surface area (Å²) in [5, 5.41) is 82.8. The SMILES string of the molecule is CO[C@H]1[C@H](O)[C@@H](O)[C@@H](OC2[C@@H](CO)O[C@H](C)[C@H](O)[C@H]2O)O[C@@H]1CNCCCN(CCCNCCCN)/[N+]([O-])=N/O. The number of ether oxygens (including phenoxy) is 4. The van der Waals surface area contributed by atoms with Gasteiger partial charge in [0.15, 0.2) is 6.29 Å². The van der Waals surface area contributed by atoms with Crippen molar-refractivity contribution in [1.29, 1.82) is 0 Å². The second kappa shape index (κ2) is 18.1. The van der Waals surface area contributed by atoms with Crippen LogP contribution in [0, 0.1) is 5.21 Å². The van der Waals surface area contributed by atoms with Gasteiger partial charge in [-0.15, -0.1) is 5.01 Å². The highest BCUT2D eigenvalue weighted by atomic mass is 16.7. The fourth-order valence-corrected chi connectivity index (χ4v) is 4.78. The summed E-state index contributed by atoms with van der Waals surface area (Å²) in [6.07, 6.45) is -9.74. The minimum Gasteiger partial charge on any atom is -0.569 e. The Bertz CT molecular complexity index is 727. The number of nitrogens with zero attached hydrogens (tertiary/aromatic N) is 3. The zero-order valence-electron chi connectivity index (χ0n) is 23.2. The van der Waals surface area contributed by atoms with Gasteiger partial charge in [0.2, 0.25) is 5.28 Å². The van der Waals surface area contributed by atoms with Gasteiger partial charge in [-0.25, -0.2) is 0 Å². The third-order valence-electron chi connectivity index (χ3n) is 7.07. The van der Waals surface area contributed by atoms with E-state index < -0.39 is 67.8 Å². The Morgan fingerprint density at radius 3 is 2.15 bits per heavy atom. The molecule has 2 aliphatic rings. The third-order valence-corrected chi connectivity index (χ3v) is 7.07. The van der Waals surface area contributed by atoms with Crippen LogP contribution in [0.2, 0.25) is 0 Å². The lowest BCUT2D eigenvalue weighted by molar-refractivity contribution is -0.709. The summed E-state index contributed by atoms with van der Waals surface area (Å²) < 4.78 is 22.5. The lowest BCUT2D eigenvalue weighted by atomic mass is 9.95. The molecule has 0 aromatic carbocycles. The van der Waals surface area contributed by atoms with Crippen molar-refractivity contribution in [3.8, 4) is 0 Å². The van der Waals surface area contributed by atoms with Gasteiger partial charge in [0.05, 0.1) is 30.8 Å². The van der Waals surface area contributed by atoms with E-state index in [1.165, 1.54) is 12.1 Å². The van der Waals surface area contributed by atoms with E-state index in [2.05, 4.69) is 15.9 Å². The summed E-state index contributed by atoms with van der Waals surface area (Å²) in [6, 6.07) is 0. The summed E-state index contributed by atoms with van der Waals surface area (Å²) >= 11 is 0. The third kappa shape index (κ3) is 9.81. The number of methoxy groups -OCH3 is 1. The van der Waals surface area contributed by atoms with Crippen LogP contribution in [0.15, 0.2) is 5.28 Å². The van der Waals surface area contributed by atoms with Crippen LogP contribution >= 0.6 is 0 Å². The number of nitrogens with one attached hydrogen (secondary N) is 2. The fraction of sp³-hybridized carbons (Fsp3) is 1.00. The van der Waals surface area contributed by atoms with E-state index in [0.29, 0.717) is 45.6 Å². The Labute approximate surface area is 234 Å². The van der Waals surface area contributed by atoms with Crippen molar-refractivity contribution in [3.63, 3.8) is 0 Å². The first kappa shape index (κ1) is 34.7. The lowest BCUT2D eigenvalue weighted by Gasteiger charge is -2.46. The predicted octanol–water partition coefficient (Wildman–Crippen LogP) is -3.79. The molecule has 2 saturated heterocycles. The van der Waals surface area contributed by atoms with E-state index in [1.54, 1.807) is 6.92 Å². The Morgan fingerprint density at radius 2 is 1.55 bits per heavy atom. The molecule has 0 radical (unpaired) electrons. The Hall–Kier alpha value is -1.48. The highest BCUT2D eigenvalue weighted by Gasteiger charge is 2.50. The molecule has 0 bridgehead atoms. The van der Waals surface area contributed by atoms with Crippen LogP contribution in [-0.4, -0.2) is 161 Å². The molecule has 0 aromatic heterocycles. The van der Waals surface area contributed by atoms with Crippen molar-refractivity contribution >= 4 is 0 Å². The Kier molecular flexibility index (Phi) is 15.7. The molecule has 17 nitrogen and oxygen atoms in total. The van der Waals surface area contributed by atoms with Gasteiger partial charge >= 0.3 is 0 Å². The molecule has 2 fully saturated rings. The molecule has 0 amide bonds. The van der Waals surface area contributed by atoms with Crippen LogP contribution in [0.4, 0.5) is 0 Å². The first-order valence-corrected chi connectivity index (χ1v) is 13.7. The Morgan fingerprint density at radius 1 is 0.925 bits per heavy atom. The van der Waals surface area contributed by atoms with Crippen molar-refractivity contribution in [3.05, 3.63) is 5.21 Å². The molecule has 2 heterocycles. The normalized spacial score (nSPS) is 35.1. The van der Waals surface area contributed by atoms with E-state index in [9.17, 15) is 30.7 Å². The fourth-order valence-electron chi connectivity index (χ4n) is 4.78. The zero-order valence-corrected chi connectivity index (χ0v) is 23.2. The number of aliphatic hydroxyl groups excluding tert-OH is 5. The van der Waals surface area contributed by atoms with Crippen LogP contribution in [0.3, 0.4) is 0 Å². The molecule has 40 heavy (non-hydrogen) atoms. The van der Waals surface area contributed by atoms with Gasteiger partial charge in [0.25, 0.3) is 0 Å². The van der Waals surface area contributed by atoms with E-state index in [-0.39, 0.29) is 11.5 Å². The predicted molar refractivity (Wildman–Crippen MR) is 138 cm³/mol. The van der Waals surface area contributed by atoms with E-state index in [1.807, 2.05) is 0 Å². The second-order valence-corrected chi connectivity index (χ2v) is 9.97. The zero-order chi connectivity index (χ0) is 29.7. The van der Waals surface area contributed by atoms with Crippen LogP contribution < -0.4 is 16.4 Å². The maximum absolute atomic E-state index is 11.9. The molecule has 0 saturated carbocycles. The van der Waals surface area contributed by atoms with E-state index >= 15 is 0 Å². The van der Waals surface area contributed by atoms with Crippen molar-refractivity contribution in [2.24, 2.45) is 11.0 Å². The average Bonchev–Trinajstić information content (AvgIpc) is 2.95. The molecule has 2 rings (SSSR count). The van der Waals surface area contributed by atoms with Crippen molar-refractivity contribution < 1.29 is 54.7 Å². The minimum absolute atomic E-state index is 0.144. The highest BCUT2D eigenvalue weighted by Crippen LogP contribution is 2.29. The number of hydrogen-bond donors (Lipinski definition) is 9. The van der Waals surface area contributed by atoms with Crippen LogP contribution in [-0.2, 0) is 18.9 Å². The molecule has 0 aromatic rings. The largest absolute Gasteiger partial charge is 0.569 e. The van der Waals surface area contributed by atoms with Crippen LogP contribution in [0.1, 0.15) is 26.2 Å². The van der Waals surface area contributed by atoms with E-state index in [4.69, 9.17) is 29.9 Å². The van der Waals surface area contributed by atoms with Crippen molar-refractivity contribution in [2.45, 2.75) is 87.4 Å². The molecule has 10 N–H and O–H groups in total. The molecule has 0 aliphatic carbocycles. The molecule has 0 spiro atoms. The van der Waals surface area contributed by atoms with Crippen LogP contribution in [0.25, 0.3) is 0 Å². The number of hydrazine groups is 1. The standard InChI is InChI=1S/C23H48N6O11/c1-14-17(31)18(32)22(16(13-30)38-14)40-23-20(34)19(33)21(37-2)15(39-23)12-26-9-5-11-28(29(36)27-35)10-4-8-25-7-3-6-24/h14-23,25-26,30-35H,3-13,24H2,1-2H3/b29-27-/t14-,15-,16-,17+,18-,19-,20-,21-,22?,23-/m1/s1. The smallest absolute Gasteiger partial charge is 0.230 e. The molecule has 10 atom stereocenters. The van der Waals surface area contributed by atoms with Crippen molar-refractivity contribution in [2.75, 3.05) is 59.5 Å². The van der Waals surface area contributed by atoms with Crippen molar-refractivity contribution in [1.82, 2.24) is 15.6 Å². The summed E-state index contributed by atoms with van der Waals surface area (Å²) in [4.78, 5) is 0.144.